The van der Waals surface area contributed by atoms with E-state index in [1.807, 2.05) is 19.1 Å². The Morgan fingerprint density at radius 3 is 1.77 bits per heavy atom. The van der Waals surface area contributed by atoms with Gasteiger partial charge in [0.15, 0.2) is 5.78 Å². The average molecular weight is 437 g/mol. The molecule has 3 aromatic carbocycles. The molecule has 0 aliphatic heterocycles. The van der Waals surface area contributed by atoms with Crippen LogP contribution in [0.3, 0.4) is 0 Å². The van der Waals surface area contributed by atoms with Crippen molar-refractivity contribution in [2.75, 3.05) is 0 Å². The zero-order valence-corrected chi connectivity index (χ0v) is 19.4. The normalized spacial score (nSPS) is 13.1. The third-order valence-electron chi connectivity index (χ3n) is 5.20. The van der Waals surface area contributed by atoms with E-state index in [1.165, 1.54) is 24.6 Å². The summed E-state index contributed by atoms with van der Waals surface area (Å²) in [5.74, 6) is -0.384. The van der Waals surface area contributed by atoms with E-state index < -0.39 is 16.2 Å². The van der Waals surface area contributed by atoms with E-state index in [0.29, 0.717) is 5.56 Å². The molecule has 0 aliphatic carbocycles. The summed E-state index contributed by atoms with van der Waals surface area (Å²) in [6, 6.07) is 21.8. The van der Waals surface area contributed by atoms with Gasteiger partial charge >= 0.3 is 0 Å². The third kappa shape index (κ3) is 5.49. The number of hydrogen-bond donors (Lipinski definition) is 0. The minimum atomic E-state index is -4.02. The number of benzene rings is 3. The van der Waals surface area contributed by atoms with Crippen molar-refractivity contribution in [1.82, 2.24) is 0 Å². The van der Waals surface area contributed by atoms with Crippen molar-refractivity contribution in [2.45, 2.75) is 51.0 Å². The molecule has 1 atom stereocenters. The van der Waals surface area contributed by atoms with Crippen LogP contribution >= 0.6 is 0 Å². The first-order valence-corrected chi connectivity index (χ1v) is 11.6. The lowest BCUT2D eigenvalue weighted by molar-refractivity contribution is 0.0826. The van der Waals surface area contributed by atoms with Gasteiger partial charge in [0.2, 0.25) is 0 Å². The number of Topliss-reactive ketones (excluding diaryl/α,β-unsaturated/α-hetero) is 1. The topological polar surface area (TPSA) is 60.4 Å². The minimum Gasteiger partial charge on any atom is -0.291 e. The summed E-state index contributed by atoms with van der Waals surface area (Å²) in [4.78, 5) is 12.8. The van der Waals surface area contributed by atoms with Crippen molar-refractivity contribution < 1.29 is 17.4 Å². The zero-order valence-electron chi connectivity index (χ0n) is 18.5. The first kappa shape index (κ1) is 22.9. The smallest absolute Gasteiger partial charge is 0.291 e. The van der Waals surface area contributed by atoms with Crippen LogP contribution in [0, 0.1) is 6.92 Å². The molecule has 31 heavy (non-hydrogen) atoms. The van der Waals surface area contributed by atoms with Crippen LogP contribution in [0.15, 0.2) is 77.7 Å². The fraction of sp³-hybridized carbons (Fsp3) is 0.269. The Hall–Kier alpha value is -2.76. The molecule has 0 aromatic heterocycles. The van der Waals surface area contributed by atoms with Crippen molar-refractivity contribution in [3.8, 4) is 11.1 Å². The van der Waals surface area contributed by atoms with Crippen molar-refractivity contribution in [1.29, 1.82) is 0 Å². The van der Waals surface area contributed by atoms with E-state index in [9.17, 15) is 13.2 Å². The minimum absolute atomic E-state index is 0.0341. The van der Waals surface area contributed by atoms with Crippen LogP contribution in [0.5, 0.6) is 0 Å². The molecule has 0 amide bonds. The lowest BCUT2D eigenvalue weighted by Crippen LogP contribution is -2.24. The van der Waals surface area contributed by atoms with Crippen LogP contribution in [0.1, 0.15) is 49.2 Å². The molecule has 0 heterocycles. The molecular formula is C26H28O4S. The Morgan fingerprint density at radius 2 is 1.29 bits per heavy atom. The molecule has 0 unspecified atom stereocenters. The fourth-order valence-electron chi connectivity index (χ4n) is 3.22. The number of ketones is 1. The Bertz CT molecular complexity index is 1150. The van der Waals surface area contributed by atoms with Crippen LogP contribution in [0.2, 0.25) is 0 Å². The second-order valence-electron chi connectivity index (χ2n) is 8.77. The Balaban J connectivity index is 1.73. The first-order valence-electron chi connectivity index (χ1n) is 10.2. The van der Waals surface area contributed by atoms with Crippen molar-refractivity contribution in [3.63, 3.8) is 0 Å². The molecule has 0 fully saturated rings. The quantitative estimate of drug-likeness (QED) is 0.355. The van der Waals surface area contributed by atoms with Gasteiger partial charge in [0, 0.05) is 5.56 Å². The Kier molecular flexibility index (Phi) is 6.48. The predicted molar refractivity (Wildman–Crippen MR) is 124 cm³/mol. The zero-order chi connectivity index (χ0) is 22.8. The van der Waals surface area contributed by atoms with Crippen molar-refractivity contribution in [3.05, 3.63) is 89.5 Å². The molecule has 0 spiro atoms. The molecule has 162 valence electrons. The second kappa shape index (κ2) is 8.77. The van der Waals surface area contributed by atoms with Crippen LogP contribution in [0.4, 0.5) is 0 Å². The van der Waals surface area contributed by atoms with E-state index in [0.717, 1.165) is 16.7 Å². The largest absolute Gasteiger partial charge is 0.297 e. The van der Waals surface area contributed by atoms with E-state index >= 15 is 0 Å². The van der Waals surface area contributed by atoms with Gasteiger partial charge in [-0.15, -0.1) is 0 Å². The van der Waals surface area contributed by atoms with Gasteiger partial charge in [0.25, 0.3) is 10.1 Å². The number of carbonyl (C=O) groups excluding carboxylic acids is 1. The highest BCUT2D eigenvalue weighted by molar-refractivity contribution is 7.86. The number of aryl methyl sites for hydroxylation is 1. The first-order chi connectivity index (χ1) is 14.5. The van der Waals surface area contributed by atoms with E-state index in [-0.39, 0.29) is 16.1 Å². The predicted octanol–water partition coefficient (Wildman–Crippen LogP) is 5.94. The van der Waals surface area contributed by atoms with Crippen molar-refractivity contribution in [2.24, 2.45) is 0 Å². The molecule has 0 N–H and O–H groups in total. The molecule has 0 saturated heterocycles. The van der Waals surface area contributed by atoms with Crippen LogP contribution in [0.25, 0.3) is 11.1 Å². The van der Waals surface area contributed by atoms with Crippen LogP contribution in [-0.4, -0.2) is 20.3 Å². The van der Waals surface area contributed by atoms with Gasteiger partial charge in [-0.3, -0.25) is 8.98 Å². The van der Waals surface area contributed by atoms with Crippen molar-refractivity contribution >= 4 is 15.9 Å². The average Bonchev–Trinajstić information content (AvgIpc) is 2.73. The van der Waals surface area contributed by atoms with Gasteiger partial charge in [-0.05, 0) is 48.1 Å². The highest BCUT2D eigenvalue weighted by Gasteiger charge is 2.24. The maximum Gasteiger partial charge on any atom is 0.297 e. The lowest BCUT2D eigenvalue weighted by Gasteiger charge is -2.19. The summed E-state index contributed by atoms with van der Waals surface area (Å²) in [5.41, 5.74) is 4.72. The summed E-state index contributed by atoms with van der Waals surface area (Å²) < 4.78 is 30.1. The van der Waals surface area contributed by atoms with Crippen LogP contribution < -0.4 is 0 Å². The Morgan fingerprint density at radius 1 is 0.806 bits per heavy atom. The van der Waals surface area contributed by atoms with Crippen LogP contribution in [-0.2, 0) is 19.7 Å². The number of hydrogen-bond acceptors (Lipinski definition) is 4. The molecule has 5 heteroatoms. The highest BCUT2D eigenvalue weighted by Crippen LogP contribution is 2.26. The second-order valence-corrected chi connectivity index (χ2v) is 10.3. The molecule has 0 saturated carbocycles. The summed E-state index contributed by atoms with van der Waals surface area (Å²) in [7, 11) is -4.02. The molecule has 3 aromatic rings. The van der Waals surface area contributed by atoms with Gasteiger partial charge in [-0.1, -0.05) is 87.0 Å². The Labute approximate surface area is 185 Å². The standard InChI is InChI=1S/C26H28O4S/c1-18-6-16-24(17-7-18)31(28,29)30-19(2)25(27)22-10-8-20(9-11-22)21-12-14-23(15-13-21)26(3,4)5/h6-17,19H,1-5H3/t19-/m1/s1. The highest BCUT2D eigenvalue weighted by atomic mass is 32.2. The van der Waals surface area contributed by atoms with Gasteiger partial charge in [0.05, 0.1) is 4.90 Å². The van der Waals surface area contributed by atoms with Gasteiger partial charge in [-0.2, -0.15) is 8.42 Å². The number of rotatable bonds is 6. The van der Waals surface area contributed by atoms with E-state index in [4.69, 9.17) is 4.18 Å². The molecule has 3 rings (SSSR count). The maximum atomic E-state index is 12.7. The lowest BCUT2D eigenvalue weighted by atomic mass is 9.86. The summed E-state index contributed by atoms with van der Waals surface area (Å²) in [6.07, 6.45) is -1.12. The number of carbonyl (C=O) groups is 1. The van der Waals surface area contributed by atoms with E-state index in [1.54, 1.807) is 24.3 Å². The molecular weight excluding hydrogens is 408 g/mol. The molecule has 4 nitrogen and oxygen atoms in total. The SMILES string of the molecule is Cc1ccc(S(=O)(=O)O[C@H](C)C(=O)c2ccc(-c3ccc(C(C)(C)C)cc3)cc2)cc1. The maximum absolute atomic E-state index is 12.7. The molecule has 0 radical (unpaired) electrons. The molecule has 0 bridgehead atoms. The van der Waals surface area contributed by atoms with Gasteiger partial charge in [-0.25, -0.2) is 0 Å². The fourth-order valence-corrected chi connectivity index (χ4v) is 4.27. The summed E-state index contributed by atoms with van der Waals surface area (Å²) >= 11 is 0. The van der Waals surface area contributed by atoms with E-state index in [2.05, 4.69) is 45.0 Å². The third-order valence-corrected chi connectivity index (χ3v) is 6.60. The summed E-state index contributed by atoms with van der Waals surface area (Å²) in [5, 5.41) is 0. The van der Waals surface area contributed by atoms with Gasteiger partial charge < -0.3 is 0 Å². The molecule has 0 aliphatic rings. The summed E-state index contributed by atoms with van der Waals surface area (Å²) in [6.45, 7) is 9.83. The van der Waals surface area contributed by atoms with Gasteiger partial charge in [0.1, 0.15) is 6.10 Å². The monoisotopic (exact) mass is 436 g/mol.